The van der Waals surface area contributed by atoms with Gasteiger partial charge in [-0.3, -0.25) is 9.69 Å². The fourth-order valence-corrected chi connectivity index (χ4v) is 3.78. The largest absolute Gasteiger partial charge is 0.497 e. The van der Waals surface area contributed by atoms with Gasteiger partial charge in [-0.1, -0.05) is 18.2 Å². The minimum Gasteiger partial charge on any atom is -0.497 e. The van der Waals surface area contributed by atoms with Crippen molar-refractivity contribution in [2.24, 2.45) is 0 Å². The predicted octanol–water partition coefficient (Wildman–Crippen LogP) is 2.54. The van der Waals surface area contributed by atoms with E-state index < -0.39 is 0 Å². The van der Waals surface area contributed by atoms with Gasteiger partial charge in [0.05, 0.1) is 13.7 Å². The van der Waals surface area contributed by atoms with Gasteiger partial charge in [0, 0.05) is 38.4 Å². The molecule has 2 aliphatic heterocycles. The van der Waals surface area contributed by atoms with Gasteiger partial charge in [-0.25, -0.2) is 0 Å². The van der Waals surface area contributed by atoms with Crippen LogP contribution in [0.5, 0.6) is 5.75 Å². The molecule has 0 radical (unpaired) electrons. The Labute approximate surface area is 154 Å². The molecule has 2 heterocycles. The Kier molecular flexibility index (Phi) is 4.91. The van der Waals surface area contributed by atoms with Gasteiger partial charge in [-0.2, -0.15) is 0 Å². The molecular weight excluding hydrogens is 326 g/mol. The standard InChI is InChI=1S/C21H25N3O2/c1-26-20-7-3-16(4-8-20)14-23-9-2-10-24(21(25)15-23)19-6-5-17-12-22-13-18(17)11-19/h3-8,11,22H,2,9-10,12-15H2,1H3. The molecule has 4 rings (SSSR count). The molecule has 1 fully saturated rings. The first-order chi connectivity index (χ1) is 12.7. The summed E-state index contributed by atoms with van der Waals surface area (Å²) in [6.07, 6.45) is 0.983. The topological polar surface area (TPSA) is 44.8 Å². The molecule has 136 valence electrons. The Hall–Kier alpha value is -2.37. The molecular formula is C21H25N3O2. The molecule has 5 nitrogen and oxygen atoms in total. The minimum atomic E-state index is 0.182. The van der Waals surface area contributed by atoms with Crippen LogP contribution in [0.3, 0.4) is 0 Å². The number of benzene rings is 2. The molecule has 0 saturated carbocycles. The molecule has 1 saturated heterocycles. The Balaban J connectivity index is 1.44. The number of rotatable bonds is 4. The molecule has 2 aliphatic rings. The fraction of sp³-hybridized carbons (Fsp3) is 0.381. The monoisotopic (exact) mass is 351 g/mol. The molecule has 2 aromatic carbocycles. The number of hydrogen-bond acceptors (Lipinski definition) is 4. The summed E-state index contributed by atoms with van der Waals surface area (Å²) in [7, 11) is 1.67. The first-order valence-electron chi connectivity index (χ1n) is 9.21. The summed E-state index contributed by atoms with van der Waals surface area (Å²) in [4.78, 5) is 17.1. The van der Waals surface area contributed by atoms with Crippen molar-refractivity contribution < 1.29 is 9.53 Å². The molecule has 0 aromatic heterocycles. The van der Waals surface area contributed by atoms with Gasteiger partial charge in [0.15, 0.2) is 0 Å². The van der Waals surface area contributed by atoms with Crippen molar-refractivity contribution in [1.29, 1.82) is 0 Å². The Morgan fingerprint density at radius 1 is 1.04 bits per heavy atom. The van der Waals surface area contributed by atoms with E-state index in [0.29, 0.717) is 6.54 Å². The van der Waals surface area contributed by atoms with Crippen molar-refractivity contribution >= 4 is 11.6 Å². The fourth-order valence-electron chi connectivity index (χ4n) is 3.78. The zero-order valence-electron chi connectivity index (χ0n) is 15.2. The van der Waals surface area contributed by atoms with Crippen molar-refractivity contribution in [2.45, 2.75) is 26.1 Å². The van der Waals surface area contributed by atoms with E-state index in [0.717, 1.165) is 50.6 Å². The first-order valence-corrected chi connectivity index (χ1v) is 9.21. The van der Waals surface area contributed by atoms with Gasteiger partial charge in [-0.15, -0.1) is 0 Å². The number of fused-ring (bicyclic) bond motifs is 1. The lowest BCUT2D eigenvalue weighted by Gasteiger charge is -2.22. The van der Waals surface area contributed by atoms with Crippen LogP contribution in [-0.2, 0) is 24.4 Å². The Morgan fingerprint density at radius 3 is 2.65 bits per heavy atom. The van der Waals surface area contributed by atoms with Gasteiger partial charge >= 0.3 is 0 Å². The normalized spacial score (nSPS) is 17.9. The molecule has 1 amide bonds. The quantitative estimate of drug-likeness (QED) is 0.919. The highest BCUT2D eigenvalue weighted by Gasteiger charge is 2.24. The molecule has 0 aliphatic carbocycles. The zero-order valence-corrected chi connectivity index (χ0v) is 15.2. The smallest absolute Gasteiger partial charge is 0.241 e. The van der Waals surface area contributed by atoms with Crippen molar-refractivity contribution in [3.05, 3.63) is 59.2 Å². The SMILES string of the molecule is COc1ccc(CN2CCCN(c3ccc4c(c3)CNC4)C(=O)C2)cc1. The predicted molar refractivity (Wildman–Crippen MR) is 102 cm³/mol. The third-order valence-electron chi connectivity index (χ3n) is 5.21. The van der Waals surface area contributed by atoms with E-state index >= 15 is 0 Å². The highest BCUT2D eigenvalue weighted by Crippen LogP contribution is 2.24. The van der Waals surface area contributed by atoms with E-state index in [9.17, 15) is 4.79 Å². The maximum atomic E-state index is 12.9. The zero-order chi connectivity index (χ0) is 17.9. The second-order valence-electron chi connectivity index (χ2n) is 7.01. The van der Waals surface area contributed by atoms with Gasteiger partial charge in [0.25, 0.3) is 0 Å². The van der Waals surface area contributed by atoms with E-state index in [1.54, 1.807) is 7.11 Å². The van der Waals surface area contributed by atoms with E-state index in [1.807, 2.05) is 17.0 Å². The van der Waals surface area contributed by atoms with Gasteiger partial charge in [-0.05, 0) is 47.4 Å². The van der Waals surface area contributed by atoms with Gasteiger partial charge in [0.2, 0.25) is 5.91 Å². The molecule has 0 spiro atoms. The van der Waals surface area contributed by atoms with Crippen LogP contribution in [0.4, 0.5) is 5.69 Å². The summed E-state index contributed by atoms with van der Waals surface area (Å²) in [5, 5.41) is 3.36. The van der Waals surface area contributed by atoms with Crippen molar-refractivity contribution in [3.63, 3.8) is 0 Å². The number of amides is 1. The maximum absolute atomic E-state index is 12.9. The van der Waals surface area contributed by atoms with Crippen LogP contribution in [-0.4, -0.2) is 37.6 Å². The van der Waals surface area contributed by atoms with Crippen LogP contribution in [0, 0.1) is 0 Å². The molecule has 0 atom stereocenters. The van der Waals surface area contributed by atoms with Crippen molar-refractivity contribution in [1.82, 2.24) is 10.2 Å². The summed E-state index contributed by atoms with van der Waals surface area (Å²) in [6, 6.07) is 14.5. The summed E-state index contributed by atoms with van der Waals surface area (Å²) in [5.74, 6) is 1.04. The van der Waals surface area contributed by atoms with Crippen LogP contribution in [0.25, 0.3) is 0 Å². The average molecular weight is 351 g/mol. The minimum absolute atomic E-state index is 0.182. The molecule has 26 heavy (non-hydrogen) atoms. The second-order valence-corrected chi connectivity index (χ2v) is 7.01. The van der Waals surface area contributed by atoms with E-state index in [2.05, 4.69) is 40.5 Å². The molecule has 1 N–H and O–H groups in total. The van der Waals surface area contributed by atoms with Gasteiger partial charge in [0.1, 0.15) is 5.75 Å². The van der Waals surface area contributed by atoms with E-state index in [4.69, 9.17) is 4.74 Å². The number of anilines is 1. The molecule has 2 aromatic rings. The molecule has 5 heteroatoms. The summed E-state index contributed by atoms with van der Waals surface area (Å²) >= 11 is 0. The van der Waals surface area contributed by atoms with Crippen LogP contribution in [0.1, 0.15) is 23.1 Å². The number of carbonyl (C=O) groups is 1. The third-order valence-corrected chi connectivity index (χ3v) is 5.21. The summed E-state index contributed by atoms with van der Waals surface area (Å²) in [5.41, 5.74) is 4.89. The summed E-state index contributed by atoms with van der Waals surface area (Å²) < 4.78 is 5.21. The number of ether oxygens (including phenoxy) is 1. The molecule has 0 bridgehead atoms. The van der Waals surface area contributed by atoms with Crippen LogP contribution in [0.15, 0.2) is 42.5 Å². The number of nitrogens with one attached hydrogen (secondary N) is 1. The number of hydrogen-bond donors (Lipinski definition) is 1. The van der Waals surface area contributed by atoms with Crippen LogP contribution < -0.4 is 15.0 Å². The first kappa shape index (κ1) is 17.1. The number of nitrogens with zero attached hydrogens (tertiary/aromatic N) is 2. The number of carbonyl (C=O) groups excluding carboxylic acids is 1. The second kappa shape index (κ2) is 7.48. The lowest BCUT2D eigenvalue weighted by Crippen LogP contribution is -2.36. The van der Waals surface area contributed by atoms with E-state index in [1.165, 1.54) is 16.7 Å². The highest BCUT2D eigenvalue weighted by molar-refractivity contribution is 5.95. The van der Waals surface area contributed by atoms with Crippen LogP contribution >= 0.6 is 0 Å². The summed E-state index contributed by atoms with van der Waals surface area (Å²) in [6.45, 7) is 4.79. The Morgan fingerprint density at radius 2 is 1.85 bits per heavy atom. The lowest BCUT2D eigenvalue weighted by atomic mass is 10.1. The van der Waals surface area contributed by atoms with Crippen molar-refractivity contribution in [2.75, 3.05) is 31.6 Å². The van der Waals surface area contributed by atoms with Gasteiger partial charge < -0.3 is 15.0 Å². The Bertz CT molecular complexity index is 788. The van der Waals surface area contributed by atoms with Crippen LogP contribution in [0.2, 0.25) is 0 Å². The van der Waals surface area contributed by atoms with Crippen molar-refractivity contribution in [3.8, 4) is 5.75 Å². The average Bonchev–Trinajstić information content (AvgIpc) is 3.05. The molecule has 0 unspecified atom stereocenters. The lowest BCUT2D eigenvalue weighted by molar-refractivity contribution is -0.119. The third kappa shape index (κ3) is 3.59. The maximum Gasteiger partial charge on any atom is 0.241 e. The highest BCUT2D eigenvalue weighted by atomic mass is 16.5. The van der Waals surface area contributed by atoms with E-state index in [-0.39, 0.29) is 5.91 Å². The number of methoxy groups -OCH3 is 1.